The SMILES string of the molecule is CC[NH+](CC)CCC[C@H](C)N(CC(=O)Nc1cc(C)on1)C(=O)c1ccc(F)cc1. The molecule has 164 valence electrons. The summed E-state index contributed by atoms with van der Waals surface area (Å²) in [6.45, 7) is 11.0. The topological polar surface area (TPSA) is 79.9 Å². The summed E-state index contributed by atoms with van der Waals surface area (Å²) in [4.78, 5) is 28.7. The maximum atomic E-state index is 13.3. The minimum absolute atomic E-state index is 0.124. The molecule has 1 atom stereocenters. The van der Waals surface area contributed by atoms with E-state index in [1.165, 1.54) is 34.1 Å². The first-order chi connectivity index (χ1) is 14.3. The Morgan fingerprint density at radius 2 is 1.90 bits per heavy atom. The number of rotatable bonds is 11. The van der Waals surface area contributed by atoms with Crippen LogP contribution in [0.4, 0.5) is 10.2 Å². The van der Waals surface area contributed by atoms with Crippen molar-refractivity contribution in [1.29, 1.82) is 0 Å². The minimum Gasteiger partial charge on any atom is -0.360 e. The number of aryl methyl sites for hydroxylation is 1. The molecule has 2 aromatic rings. The summed E-state index contributed by atoms with van der Waals surface area (Å²) in [5.74, 6) is -0.182. The van der Waals surface area contributed by atoms with Crippen LogP contribution in [-0.2, 0) is 4.79 Å². The predicted molar refractivity (Wildman–Crippen MR) is 113 cm³/mol. The van der Waals surface area contributed by atoms with Gasteiger partial charge in [0.15, 0.2) is 5.82 Å². The Balaban J connectivity index is 2.08. The first kappa shape index (κ1) is 23.5. The monoisotopic (exact) mass is 419 g/mol. The number of benzene rings is 1. The summed E-state index contributed by atoms with van der Waals surface area (Å²) < 4.78 is 18.2. The molecule has 2 N–H and O–H groups in total. The van der Waals surface area contributed by atoms with Crippen molar-refractivity contribution in [2.24, 2.45) is 0 Å². The number of halogens is 1. The molecule has 0 aliphatic heterocycles. The van der Waals surface area contributed by atoms with Crippen LogP contribution in [0.1, 0.15) is 49.7 Å². The van der Waals surface area contributed by atoms with Gasteiger partial charge in [-0.15, -0.1) is 0 Å². The Morgan fingerprint density at radius 1 is 1.23 bits per heavy atom. The second kappa shape index (κ2) is 11.4. The molecule has 0 saturated heterocycles. The largest absolute Gasteiger partial charge is 0.360 e. The molecule has 1 heterocycles. The molecule has 0 bridgehead atoms. The van der Waals surface area contributed by atoms with E-state index in [0.29, 0.717) is 17.1 Å². The third-order valence-electron chi connectivity index (χ3n) is 5.25. The van der Waals surface area contributed by atoms with Gasteiger partial charge in [-0.1, -0.05) is 5.16 Å². The van der Waals surface area contributed by atoms with Gasteiger partial charge < -0.3 is 19.6 Å². The van der Waals surface area contributed by atoms with E-state index in [-0.39, 0.29) is 24.4 Å². The van der Waals surface area contributed by atoms with Crippen LogP contribution in [0.15, 0.2) is 34.9 Å². The van der Waals surface area contributed by atoms with Crippen LogP contribution >= 0.6 is 0 Å². The molecule has 0 spiro atoms. The zero-order valence-corrected chi connectivity index (χ0v) is 18.2. The molecule has 0 radical (unpaired) electrons. The van der Waals surface area contributed by atoms with E-state index in [4.69, 9.17) is 4.52 Å². The highest BCUT2D eigenvalue weighted by molar-refractivity contribution is 5.99. The molecule has 0 aliphatic rings. The van der Waals surface area contributed by atoms with Gasteiger partial charge in [0.05, 0.1) is 19.6 Å². The molecule has 0 unspecified atom stereocenters. The molecular weight excluding hydrogens is 387 g/mol. The highest BCUT2D eigenvalue weighted by atomic mass is 19.1. The molecule has 7 nitrogen and oxygen atoms in total. The van der Waals surface area contributed by atoms with Crippen molar-refractivity contribution >= 4 is 17.6 Å². The summed E-state index contributed by atoms with van der Waals surface area (Å²) in [5, 5.41) is 6.41. The van der Waals surface area contributed by atoms with Crippen molar-refractivity contribution in [2.75, 3.05) is 31.5 Å². The highest BCUT2D eigenvalue weighted by Crippen LogP contribution is 2.14. The number of amides is 2. The van der Waals surface area contributed by atoms with Crippen molar-refractivity contribution in [2.45, 2.75) is 46.6 Å². The van der Waals surface area contributed by atoms with Crippen molar-refractivity contribution in [1.82, 2.24) is 10.1 Å². The number of nitrogens with one attached hydrogen (secondary N) is 2. The number of quaternary nitrogens is 1. The van der Waals surface area contributed by atoms with Crippen LogP contribution in [0, 0.1) is 12.7 Å². The molecule has 2 amide bonds. The third kappa shape index (κ3) is 6.95. The Labute approximate surface area is 177 Å². The van der Waals surface area contributed by atoms with Crippen LogP contribution in [0.2, 0.25) is 0 Å². The maximum Gasteiger partial charge on any atom is 0.254 e. The molecule has 30 heavy (non-hydrogen) atoms. The van der Waals surface area contributed by atoms with Gasteiger partial charge in [0, 0.05) is 17.7 Å². The van der Waals surface area contributed by atoms with Crippen molar-refractivity contribution in [3.63, 3.8) is 0 Å². The molecule has 1 aromatic carbocycles. The zero-order chi connectivity index (χ0) is 22.1. The summed E-state index contributed by atoms with van der Waals surface area (Å²) in [6.07, 6.45) is 1.71. The van der Waals surface area contributed by atoms with E-state index in [1.807, 2.05) is 6.92 Å². The number of hydrogen-bond donors (Lipinski definition) is 2. The lowest BCUT2D eigenvalue weighted by atomic mass is 10.1. The van der Waals surface area contributed by atoms with E-state index in [9.17, 15) is 14.0 Å². The Bertz CT molecular complexity index is 818. The van der Waals surface area contributed by atoms with Crippen LogP contribution < -0.4 is 10.2 Å². The Kier molecular flexibility index (Phi) is 8.98. The molecule has 2 rings (SSSR count). The van der Waals surface area contributed by atoms with E-state index < -0.39 is 5.82 Å². The molecule has 0 fully saturated rings. The normalized spacial score (nSPS) is 12.1. The summed E-state index contributed by atoms with van der Waals surface area (Å²) in [7, 11) is 0. The first-order valence-corrected chi connectivity index (χ1v) is 10.5. The maximum absolute atomic E-state index is 13.3. The second-order valence-corrected chi connectivity index (χ2v) is 7.51. The van der Waals surface area contributed by atoms with Gasteiger partial charge in [-0.05, 0) is 64.8 Å². The van der Waals surface area contributed by atoms with Crippen molar-refractivity contribution < 1.29 is 23.4 Å². The molecule has 0 saturated carbocycles. The molecule has 1 aromatic heterocycles. The molecule has 0 aliphatic carbocycles. The fourth-order valence-corrected chi connectivity index (χ4v) is 3.36. The third-order valence-corrected chi connectivity index (χ3v) is 5.25. The lowest BCUT2D eigenvalue weighted by Crippen LogP contribution is -3.11. The van der Waals surface area contributed by atoms with E-state index in [2.05, 4.69) is 24.3 Å². The number of carbonyl (C=O) groups is 2. The standard InChI is InChI=1S/C22H31FN4O3/c1-5-26(6-2)13-7-8-16(3)27(22(29)18-9-11-19(23)12-10-18)15-21(28)24-20-14-17(4)30-25-20/h9-12,14,16H,5-8,13,15H2,1-4H3,(H,24,25,28)/p+1/t16-/m0/s1. The van der Waals surface area contributed by atoms with Crippen LogP contribution in [0.3, 0.4) is 0 Å². The molecule has 8 heteroatoms. The van der Waals surface area contributed by atoms with Crippen molar-refractivity contribution in [3.8, 4) is 0 Å². The fraction of sp³-hybridized carbons (Fsp3) is 0.500. The number of anilines is 1. The van der Waals surface area contributed by atoms with Crippen LogP contribution in [-0.4, -0.2) is 54.1 Å². The van der Waals surface area contributed by atoms with Gasteiger partial charge in [0.2, 0.25) is 5.91 Å². The number of nitrogens with zero attached hydrogens (tertiary/aromatic N) is 2. The van der Waals surface area contributed by atoms with Gasteiger partial charge in [-0.2, -0.15) is 0 Å². The summed E-state index contributed by atoms with van der Waals surface area (Å²) in [5.41, 5.74) is 0.350. The predicted octanol–water partition coefficient (Wildman–Crippen LogP) is 2.30. The highest BCUT2D eigenvalue weighted by Gasteiger charge is 2.25. The zero-order valence-electron chi connectivity index (χ0n) is 18.2. The van der Waals surface area contributed by atoms with Crippen LogP contribution in [0.5, 0.6) is 0 Å². The lowest BCUT2D eigenvalue weighted by Gasteiger charge is -2.29. The average Bonchev–Trinajstić information content (AvgIpc) is 3.13. The first-order valence-electron chi connectivity index (χ1n) is 10.5. The smallest absolute Gasteiger partial charge is 0.254 e. The number of carbonyl (C=O) groups excluding carboxylic acids is 2. The number of aromatic nitrogens is 1. The van der Waals surface area contributed by atoms with Crippen molar-refractivity contribution in [3.05, 3.63) is 47.5 Å². The van der Waals surface area contributed by atoms with Gasteiger partial charge in [0.1, 0.15) is 18.1 Å². The van der Waals surface area contributed by atoms with Gasteiger partial charge in [-0.25, -0.2) is 4.39 Å². The summed E-state index contributed by atoms with van der Waals surface area (Å²) in [6, 6.07) is 6.84. The number of hydrogen-bond acceptors (Lipinski definition) is 4. The quantitative estimate of drug-likeness (QED) is 0.586. The minimum atomic E-state index is -0.410. The second-order valence-electron chi connectivity index (χ2n) is 7.51. The van der Waals surface area contributed by atoms with E-state index in [1.54, 1.807) is 13.0 Å². The fourth-order valence-electron chi connectivity index (χ4n) is 3.36. The lowest BCUT2D eigenvalue weighted by molar-refractivity contribution is -0.896. The van der Waals surface area contributed by atoms with E-state index >= 15 is 0 Å². The van der Waals surface area contributed by atoms with Gasteiger partial charge in [-0.3, -0.25) is 9.59 Å². The Morgan fingerprint density at radius 3 is 2.47 bits per heavy atom. The van der Waals surface area contributed by atoms with E-state index in [0.717, 1.165) is 32.5 Å². The summed E-state index contributed by atoms with van der Waals surface area (Å²) >= 11 is 0. The average molecular weight is 420 g/mol. The molecular formula is C22H32FN4O3+. The van der Waals surface area contributed by atoms with Gasteiger partial charge in [0.25, 0.3) is 5.91 Å². The Hall–Kier alpha value is -2.74. The van der Waals surface area contributed by atoms with Gasteiger partial charge >= 0.3 is 0 Å². The van der Waals surface area contributed by atoms with Crippen LogP contribution in [0.25, 0.3) is 0 Å².